The Bertz CT molecular complexity index is 1660. The largest absolute Gasteiger partial charge is 0.497 e. The number of nitrogens with zero attached hydrogens (tertiary/aromatic N) is 7. The fraction of sp³-hybridized carbons (Fsp3) is 0.269. The average Bonchev–Trinajstić information content (AvgIpc) is 3.55. The van der Waals surface area contributed by atoms with Gasteiger partial charge >= 0.3 is 5.97 Å². The predicted molar refractivity (Wildman–Crippen MR) is 154 cm³/mol. The molecule has 1 fully saturated rings. The number of imidazole rings is 1. The van der Waals surface area contributed by atoms with Gasteiger partial charge in [-0.2, -0.15) is 4.98 Å². The first-order valence-corrected chi connectivity index (χ1v) is 13.7. The van der Waals surface area contributed by atoms with E-state index in [9.17, 15) is 15.1 Å². The van der Waals surface area contributed by atoms with E-state index in [1.165, 1.54) is 25.0 Å². The molecule has 0 unspecified atom stereocenters. The molecule has 2 N–H and O–H groups in total. The molecule has 4 aromatic rings. The number of hydrogen-bond acceptors (Lipinski definition) is 11. The quantitative estimate of drug-likeness (QED) is 0.0513. The number of aromatic nitrogens is 4. The lowest BCUT2D eigenvalue weighted by atomic mass is 10.1. The third-order valence-corrected chi connectivity index (χ3v) is 7.63. The van der Waals surface area contributed by atoms with Crippen LogP contribution in [0, 0.1) is 0 Å². The summed E-state index contributed by atoms with van der Waals surface area (Å²) >= 11 is 1.99. The Balaban J connectivity index is 1.55. The van der Waals surface area contributed by atoms with Gasteiger partial charge in [0.15, 0.2) is 17.2 Å². The van der Waals surface area contributed by atoms with Crippen molar-refractivity contribution in [3.63, 3.8) is 0 Å². The number of carbonyl (C=O) groups is 2. The molecule has 0 amide bonds. The predicted octanol–water partition coefficient (Wildman–Crippen LogP) is 4.24. The number of alkyl halides is 1. The first kappa shape index (κ1) is 28.1. The van der Waals surface area contributed by atoms with E-state index < -0.39 is 29.8 Å². The number of anilines is 1. The van der Waals surface area contributed by atoms with Gasteiger partial charge in [0, 0.05) is 21.3 Å². The van der Waals surface area contributed by atoms with Crippen molar-refractivity contribution in [2.75, 3.05) is 24.4 Å². The molecule has 0 radical (unpaired) electrons. The van der Waals surface area contributed by atoms with E-state index in [-0.39, 0.29) is 33.8 Å². The average molecular weight is 670 g/mol. The second kappa shape index (κ2) is 11.6. The lowest BCUT2D eigenvalue weighted by molar-refractivity contribution is -0.0847. The fourth-order valence-corrected chi connectivity index (χ4v) is 5.29. The molecular formula is C26H23IN8O6. The van der Waals surface area contributed by atoms with Crippen molar-refractivity contribution in [1.29, 1.82) is 0 Å². The molecule has 3 heterocycles. The summed E-state index contributed by atoms with van der Waals surface area (Å²) < 4.78 is 24.1. The minimum Gasteiger partial charge on any atom is -0.497 e. The molecule has 0 aliphatic carbocycles. The lowest BCUT2D eigenvalue weighted by Gasteiger charge is -2.27. The number of nitrogen functional groups attached to an aromatic ring is 1. The number of benzene rings is 2. The van der Waals surface area contributed by atoms with Gasteiger partial charge in [0.25, 0.3) is 0 Å². The molecule has 0 bridgehead atoms. The van der Waals surface area contributed by atoms with Crippen LogP contribution in [0.5, 0.6) is 11.5 Å². The van der Waals surface area contributed by atoms with Crippen molar-refractivity contribution >= 4 is 51.5 Å². The van der Waals surface area contributed by atoms with E-state index in [1.54, 1.807) is 48.5 Å². The molecule has 0 saturated carbocycles. The number of ketones is 1. The summed E-state index contributed by atoms with van der Waals surface area (Å²) in [6.45, 7) is 0. The van der Waals surface area contributed by atoms with Gasteiger partial charge in [-0.3, -0.25) is 9.36 Å². The zero-order valence-corrected chi connectivity index (χ0v) is 24.0. The summed E-state index contributed by atoms with van der Waals surface area (Å²) in [6.07, 6.45) is -0.577. The second-order valence-electron chi connectivity index (χ2n) is 8.90. The van der Waals surface area contributed by atoms with Crippen LogP contribution in [0.25, 0.3) is 21.6 Å². The SMILES string of the molecule is COc1ccc(C(=O)O[C@H]2C[C@@H](n3c(C(=O)c4ccc(OC)cc4)nc4cnc(N)nc43)O[C@@]2(CI)N=[N+]=[N-])cc1. The van der Waals surface area contributed by atoms with E-state index in [2.05, 4.69) is 25.0 Å². The van der Waals surface area contributed by atoms with E-state index in [1.807, 2.05) is 22.6 Å². The molecule has 3 atom stereocenters. The Morgan fingerprint density at radius 2 is 1.76 bits per heavy atom. The molecule has 2 aromatic carbocycles. The monoisotopic (exact) mass is 670 g/mol. The van der Waals surface area contributed by atoms with Crippen LogP contribution in [0.4, 0.5) is 5.95 Å². The van der Waals surface area contributed by atoms with Crippen LogP contribution in [0.15, 0.2) is 59.8 Å². The summed E-state index contributed by atoms with van der Waals surface area (Å²) in [5.74, 6) is 0.00818. The smallest absolute Gasteiger partial charge is 0.338 e. The second-order valence-corrected chi connectivity index (χ2v) is 9.66. The molecule has 1 saturated heterocycles. The van der Waals surface area contributed by atoms with Crippen molar-refractivity contribution < 1.29 is 28.5 Å². The molecule has 41 heavy (non-hydrogen) atoms. The van der Waals surface area contributed by atoms with Crippen LogP contribution >= 0.6 is 22.6 Å². The summed E-state index contributed by atoms with van der Waals surface area (Å²) in [7, 11) is 3.04. The van der Waals surface area contributed by atoms with E-state index in [0.29, 0.717) is 22.6 Å². The van der Waals surface area contributed by atoms with Crippen molar-refractivity contribution in [2.24, 2.45) is 5.11 Å². The summed E-state index contributed by atoms with van der Waals surface area (Å²) in [6, 6.07) is 12.9. The number of methoxy groups -OCH3 is 2. The summed E-state index contributed by atoms with van der Waals surface area (Å²) in [4.78, 5) is 42.5. The Labute approximate surface area is 246 Å². The number of esters is 1. The van der Waals surface area contributed by atoms with Crippen LogP contribution in [0.1, 0.15) is 39.2 Å². The first-order valence-electron chi connectivity index (χ1n) is 12.2. The van der Waals surface area contributed by atoms with Gasteiger partial charge < -0.3 is 24.7 Å². The number of azide groups is 1. The Morgan fingerprint density at radius 3 is 2.34 bits per heavy atom. The number of nitrogens with two attached hydrogens (primary N) is 1. The van der Waals surface area contributed by atoms with Gasteiger partial charge in [-0.05, 0) is 54.1 Å². The molecular weight excluding hydrogens is 647 g/mol. The Kier molecular flexibility index (Phi) is 7.92. The molecule has 1 aliphatic rings. The topological polar surface area (TPSA) is 189 Å². The van der Waals surface area contributed by atoms with E-state index >= 15 is 0 Å². The summed E-state index contributed by atoms with van der Waals surface area (Å²) in [5.41, 5.74) is 14.8. The highest BCUT2D eigenvalue weighted by molar-refractivity contribution is 14.1. The minimum atomic E-state index is -1.59. The van der Waals surface area contributed by atoms with Gasteiger partial charge in [-0.1, -0.05) is 27.7 Å². The molecule has 15 heteroatoms. The standard InChI is InChI=1S/C26H23IN8O6/c1-38-16-7-3-14(4-8-16)21(36)23-31-18-12-30-25(28)32-22(18)35(23)20-11-19(26(13-27,41-20)33-34-29)40-24(37)15-5-9-17(39-2)10-6-15/h3-10,12,19-20H,11,13H2,1-2H3,(H2,28,30,32)/t19-,20-,26+/m0/s1. The fourth-order valence-electron chi connectivity index (χ4n) is 4.47. The number of rotatable bonds is 9. The van der Waals surface area contributed by atoms with E-state index in [0.717, 1.165) is 0 Å². The Morgan fingerprint density at radius 1 is 1.12 bits per heavy atom. The van der Waals surface area contributed by atoms with Crippen molar-refractivity contribution in [3.05, 3.63) is 82.1 Å². The number of carbonyl (C=O) groups excluding carboxylic acids is 2. The number of hydrogen-bond donors (Lipinski definition) is 1. The van der Waals surface area contributed by atoms with Crippen LogP contribution in [-0.4, -0.2) is 61.7 Å². The number of halogens is 1. The zero-order chi connectivity index (χ0) is 29.1. The maximum atomic E-state index is 13.7. The first-order chi connectivity index (χ1) is 19.8. The molecule has 14 nitrogen and oxygen atoms in total. The maximum absolute atomic E-state index is 13.7. The maximum Gasteiger partial charge on any atom is 0.338 e. The summed E-state index contributed by atoms with van der Waals surface area (Å²) in [5, 5.41) is 3.90. The lowest BCUT2D eigenvalue weighted by Crippen LogP contribution is -2.41. The van der Waals surface area contributed by atoms with Gasteiger partial charge in [0.1, 0.15) is 29.3 Å². The van der Waals surface area contributed by atoms with Crippen LogP contribution in [-0.2, 0) is 9.47 Å². The third kappa shape index (κ3) is 5.33. The number of fused-ring (bicyclic) bond motifs is 1. The molecule has 210 valence electrons. The number of ether oxygens (including phenoxy) is 4. The normalized spacial score (nSPS) is 19.9. The molecule has 1 aliphatic heterocycles. The Hall–Kier alpha value is -4.47. The van der Waals surface area contributed by atoms with Crippen molar-refractivity contribution in [1.82, 2.24) is 19.5 Å². The van der Waals surface area contributed by atoms with Crippen LogP contribution in [0.2, 0.25) is 0 Å². The van der Waals surface area contributed by atoms with Gasteiger partial charge in [-0.15, -0.1) is 0 Å². The highest BCUT2D eigenvalue weighted by Crippen LogP contribution is 2.43. The highest BCUT2D eigenvalue weighted by Gasteiger charge is 2.52. The van der Waals surface area contributed by atoms with E-state index in [4.69, 9.17) is 24.7 Å². The van der Waals surface area contributed by atoms with Gasteiger partial charge in [0.2, 0.25) is 11.7 Å². The van der Waals surface area contributed by atoms with Crippen molar-refractivity contribution in [3.8, 4) is 11.5 Å². The van der Waals surface area contributed by atoms with Gasteiger partial charge in [-0.25, -0.2) is 14.8 Å². The van der Waals surface area contributed by atoms with Crippen molar-refractivity contribution in [2.45, 2.75) is 24.5 Å². The van der Waals surface area contributed by atoms with Crippen LogP contribution in [0.3, 0.4) is 0 Å². The minimum absolute atomic E-state index is 0.0134. The molecule has 5 rings (SSSR count). The molecule has 0 spiro atoms. The third-order valence-electron chi connectivity index (χ3n) is 6.53. The van der Waals surface area contributed by atoms with Crippen LogP contribution < -0.4 is 15.2 Å². The van der Waals surface area contributed by atoms with Gasteiger partial charge in [0.05, 0.1) is 26.0 Å². The zero-order valence-electron chi connectivity index (χ0n) is 21.8. The highest BCUT2D eigenvalue weighted by atomic mass is 127. The molecule has 2 aromatic heterocycles.